The minimum Gasteiger partial charge on any atom is -0.493 e. The van der Waals surface area contributed by atoms with E-state index in [0.29, 0.717) is 19.5 Å². The third-order valence-electron chi connectivity index (χ3n) is 7.21. The molecule has 1 aliphatic carbocycles. The van der Waals surface area contributed by atoms with Gasteiger partial charge in [0.05, 0.1) is 18.7 Å². The molecule has 1 amide bonds. The van der Waals surface area contributed by atoms with Crippen LogP contribution in [0.15, 0.2) is 48.5 Å². The number of rotatable bonds is 7. The van der Waals surface area contributed by atoms with E-state index in [2.05, 4.69) is 29.1 Å². The van der Waals surface area contributed by atoms with Crippen molar-refractivity contribution in [1.82, 2.24) is 14.9 Å². The van der Waals surface area contributed by atoms with Gasteiger partial charge in [-0.1, -0.05) is 24.3 Å². The predicted molar refractivity (Wildman–Crippen MR) is 121 cm³/mol. The van der Waals surface area contributed by atoms with Crippen molar-refractivity contribution < 1.29 is 13.9 Å². The van der Waals surface area contributed by atoms with Gasteiger partial charge in [0.2, 0.25) is 5.91 Å². The van der Waals surface area contributed by atoms with Crippen LogP contribution in [0.2, 0.25) is 0 Å². The Labute approximate surface area is 189 Å². The lowest BCUT2D eigenvalue weighted by molar-refractivity contribution is -0.145. The predicted octanol–water partition coefficient (Wildman–Crippen LogP) is 4.23. The zero-order chi connectivity index (χ0) is 22.1. The molecule has 2 aromatic rings. The van der Waals surface area contributed by atoms with Crippen molar-refractivity contribution in [2.75, 3.05) is 26.7 Å². The van der Waals surface area contributed by atoms with Crippen molar-refractivity contribution >= 4 is 5.91 Å². The van der Waals surface area contributed by atoms with E-state index < -0.39 is 0 Å². The molecule has 6 heteroatoms. The number of hydrogen-bond donors (Lipinski definition) is 0. The number of benzene rings is 2. The maximum absolute atomic E-state index is 13.5. The van der Waals surface area contributed by atoms with E-state index in [4.69, 9.17) is 4.74 Å². The smallest absolute Gasteiger partial charge is 0.239 e. The minimum atomic E-state index is -0.235. The van der Waals surface area contributed by atoms with Crippen LogP contribution < -0.4 is 4.74 Å². The van der Waals surface area contributed by atoms with Crippen LogP contribution in [0.4, 0.5) is 4.39 Å². The molecule has 0 bridgehead atoms. The number of nitrogens with zero attached hydrogens (tertiary/aromatic N) is 3. The molecular formula is C26H32FN3O2. The fraction of sp³-hybridized carbons (Fsp3) is 0.500. The fourth-order valence-corrected chi connectivity index (χ4v) is 4.88. The van der Waals surface area contributed by atoms with Crippen LogP contribution in [-0.2, 0) is 17.9 Å². The van der Waals surface area contributed by atoms with Crippen LogP contribution in [0, 0.1) is 11.7 Å². The first kappa shape index (κ1) is 21.4. The molecular weight excluding hydrogens is 405 g/mol. The number of amides is 1. The summed E-state index contributed by atoms with van der Waals surface area (Å²) in [5.74, 6) is 1.55. The number of carbonyl (C=O) groups excluding carboxylic acids is 1. The van der Waals surface area contributed by atoms with Gasteiger partial charge in [0.1, 0.15) is 11.6 Å². The summed E-state index contributed by atoms with van der Waals surface area (Å²) < 4.78 is 19.3. The summed E-state index contributed by atoms with van der Waals surface area (Å²) in [6.07, 6.45) is 5.01. The van der Waals surface area contributed by atoms with Crippen LogP contribution >= 0.6 is 0 Å². The van der Waals surface area contributed by atoms with Crippen molar-refractivity contribution in [3.05, 3.63) is 65.5 Å². The average Bonchev–Trinajstić information content (AvgIpc) is 3.59. The van der Waals surface area contributed by atoms with Crippen molar-refractivity contribution in [2.45, 2.75) is 50.7 Å². The lowest BCUT2D eigenvalue weighted by Gasteiger charge is -2.45. The molecule has 5 rings (SSSR count). The minimum absolute atomic E-state index is 0.161. The molecule has 2 aliphatic heterocycles. The van der Waals surface area contributed by atoms with Gasteiger partial charge in [0, 0.05) is 13.0 Å². The third kappa shape index (κ3) is 4.66. The van der Waals surface area contributed by atoms with E-state index >= 15 is 0 Å². The van der Waals surface area contributed by atoms with E-state index in [1.165, 1.54) is 25.0 Å². The first-order chi connectivity index (χ1) is 15.5. The van der Waals surface area contributed by atoms with E-state index in [-0.39, 0.29) is 17.3 Å². The summed E-state index contributed by atoms with van der Waals surface area (Å²) >= 11 is 0. The number of halogens is 1. The molecule has 0 N–H and O–H groups in total. The average molecular weight is 438 g/mol. The molecule has 0 aromatic heterocycles. The lowest BCUT2D eigenvalue weighted by Crippen LogP contribution is -2.54. The van der Waals surface area contributed by atoms with Gasteiger partial charge in [-0.05, 0) is 87.1 Å². The molecule has 170 valence electrons. The summed E-state index contributed by atoms with van der Waals surface area (Å²) in [7, 11) is 2.14. The molecule has 3 fully saturated rings. The Morgan fingerprint density at radius 3 is 2.25 bits per heavy atom. The molecule has 5 nitrogen and oxygen atoms in total. The summed E-state index contributed by atoms with van der Waals surface area (Å²) in [5, 5.41) is 4.20. The van der Waals surface area contributed by atoms with Crippen molar-refractivity contribution in [2.24, 2.45) is 5.92 Å². The molecule has 1 saturated carbocycles. The topological polar surface area (TPSA) is 36.0 Å². The van der Waals surface area contributed by atoms with Crippen LogP contribution in [0.25, 0.3) is 0 Å². The van der Waals surface area contributed by atoms with E-state index in [1.54, 1.807) is 0 Å². The Bertz CT molecular complexity index is 935. The van der Waals surface area contributed by atoms with Gasteiger partial charge in [0.25, 0.3) is 0 Å². The van der Waals surface area contributed by atoms with Gasteiger partial charge in [-0.25, -0.2) is 9.40 Å². The largest absolute Gasteiger partial charge is 0.493 e. The van der Waals surface area contributed by atoms with Gasteiger partial charge in [-0.15, -0.1) is 0 Å². The van der Waals surface area contributed by atoms with Gasteiger partial charge in [-0.3, -0.25) is 9.80 Å². The Morgan fingerprint density at radius 2 is 1.59 bits per heavy atom. The number of hydrogen-bond acceptors (Lipinski definition) is 4. The normalized spacial score (nSPS) is 21.4. The van der Waals surface area contributed by atoms with E-state index in [1.807, 2.05) is 29.3 Å². The molecule has 0 unspecified atom stereocenters. The summed E-state index contributed by atoms with van der Waals surface area (Å²) in [4.78, 5) is 15.6. The van der Waals surface area contributed by atoms with Crippen molar-refractivity contribution in [3.8, 4) is 5.75 Å². The molecule has 2 aromatic carbocycles. The molecule has 0 atom stereocenters. The van der Waals surface area contributed by atoms with E-state index in [0.717, 1.165) is 55.3 Å². The summed E-state index contributed by atoms with van der Waals surface area (Å²) in [6.45, 7) is 3.91. The Kier molecular flexibility index (Phi) is 5.91. The summed E-state index contributed by atoms with van der Waals surface area (Å²) in [6, 6.07) is 14.8. The first-order valence-electron chi connectivity index (χ1n) is 11.7. The fourth-order valence-electron chi connectivity index (χ4n) is 4.88. The lowest BCUT2D eigenvalue weighted by atomic mass is 9.84. The molecule has 1 spiro atoms. The van der Waals surface area contributed by atoms with Crippen LogP contribution in [0.3, 0.4) is 0 Å². The van der Waals surface area contributed by atoms with Crippen molar-refractivity contribution in [1.29, 1.82) is 0 Å². The summed E-state index contributed by atoms with van der Waals surface area (Å²) in [5.41, 5.74) is 1.95. The van der Waals surface area contributed by atoms with E-state index in [9.17, 15) is 9.18 Å². The molecule has 2 heterocycles. The SMILES string of the molecule is CN1CCC2(CC1)CC(=O)N(Cc1ccc(OCC3CC3)cc1)N2Cc1ccc(F)cc1. The molecule has 0 radical (unpaired) electrons. The molecule has 3 aliphatic rings. The zero-order valence-corrected chi connectivity index (χ0v) is 18.8. The standard InChI is InChI=1S/C26H32FN3O2/c1-28-14-12-26(13-15-28)16-25(31)29(30(26)18-21-4-8-23(27)9-5-21)17-20-6-10-24(11-7-20)32-19-22-2-3-22/h4-11,22H,2-3,12-19H2,1H3. The van der Waals surface area contributed by atoms with Gasteiger partial charge < -0.3 is 9.64 Å². The number of hydrazine groups is 1. The van der Waals surface area contributed by atoms with Gasteiger partial charge in [-0.2, -0.15) is 0 Å². The number of likely N-dealkylation sites (tertiary alicyclic amines) is 1. The van der Waals surface area contributed by atoms with Crippen LogP contribution in [0.1, 0.15) is 43.2 Å². The quantitative estimate of drug-likeness (QED) is 0.650. The highest BCUT2D eigenvalue weighted by Crippen LogP contribution is 2.41. The maximum Gasteiger partial charge on any atom is 0.239 e. The molecule has 2 saturated heterocycles. The monoisotopic (exact) mass is 437 g/mol. The highest BCUT2D eigenvalue weighted by atomic mass is 19.1. The third-order valence-corrected chi connectivity index (χ3v) is 7.21. The van der Waals surface area contributed by atoms with Crippen LogP contribution in [-0.4, -0.2) is 53.1 Å². The highest BCUT2D eigenvalue weighted by Gasteiger charge is 2.50. The van der Waals surface area contributed by atoms with Crippen molar-refractivity contribution in [3.63, 3.8) is 0 Å². The number of piperidine rings is 1. The van der Waals surface area contributed by atoms with Gasteiger partial charge in [0.15, 0.2) is 0 Å². The maximum atomic E-state index is 13.5. The highest BCUT2D eigenvalue weighted by molar-refractivity contribution is 5.79. The Morgan fingerprint density at radius 1 is 0.969 bits per heavy atom. The Hall–Kier alpha value is -2.44. The first-order valence-corrected chi connectivity index (χ1v) is 11.7. The second kappa shape index (κ2) is 8.83. The number of carbonyl (C=O) groups is 1. The Balaban J connectivity index is 1.34. The van der Waals surface area contributed by atoms with Crippen LogP contribution in [0.5, 0.6) is 5.75 Å². The second-order valence-corrected chi connectivity index (χ2v) is 9.74. The zero-order valence-electron chi connectivity index (χ0n) is 18.8. The number of ether oxygens (including phenoxy) is 1. The molecule has 32 heavy (non-hydrogen) atoms. The second-order valence-electron chi connectivity index (χ2n) is 9.74. The van der Waals surface area contributed by atoms with Gasteiger partial charge >= 0.3 is 0 Å².